The van der Waals surface area contributed by atoms with E-state index >= 15 is 0 Å². The predicted molar refractivity (Wildman–Crippen MR) is 74.8 cm³/mol. The van der Waals surface area contributed by atoms with Crippen molar-refractivity contribution in [3.05, 3.63) is 35.4 Å². The third-order valence-corrected chi connectivity index (χ3v) is 3.71. The molecule has 1 fully saturated rings. The van der Waals surface area contributed by atoms with E-state index in [-0.39, 0.29) is 12.1 Å². The number of hydrogen-bond donors (Lipinski definition) is 1. The maximum atomic E-state index is 12.5. The van der Waals surface area contributed by atoms with Crippen LogP contribution in [-0.2, 0) is 10.9 Å². The molecule has 118 valence electrons. The Balaban J connectivity index is 1.88. The number of ether oxygens (including phenoxy) is 1. The van der Waals surface area contributed by atoms with Gasteiger partial charge in [0.1, 0.15) is 0 Å². The molecule has 2 N–H and O–H groups in total. The van der Waals surface area contributed by atoms with E-state index in [0.29, 0.717) is 12.1 Å². The molecule has 3 nitrogen and oxygen atoms in total. The highest BCUT2D eigenvalue weighted by Crippen LogP contribution is 2.29. The molecule has 0 radical (unpaired) electrons. The van der Waals surface area contributed by atoms with E-state index in [1.165, 1.54) is 12.1 Å². The highest BCUT2D eigenvalue weighted by Gasteiger charge is 2.30. The lowest BCUT2D eigenvalue weighted by atomic mass is 10.0. The first-order valence-electron chi connectivity index (χ1n) is 7.09. The van der Waals surface area contributed by atoms with Crippen molar-refractivity contribution in [1.29, 1.82) is 0 Å². The zero-order valence-corrected chi connectivity index (χ0v) is 12.1. The van der Waals surface area contributed by atoms with Gasteiger partial charge in [-0.05, 0) is 37.6 Å². The Morgan fingerprint density at radius 3 is 2.52 bits per heavy atom. The van der Waals surface area contributed by atoms with E-state index < -0.39 is 11.7 Å². The smallest absolute Gasteiger partial charge is 0.377 e. The van der Waals surface area contributed by atoms with E-state index in [9.17, 15) is 13.2 Å². The number of benzene rings is 1. The van der Waals surface area contributed by atoms with Crippen molar-refractivity contribution in [2.24, 2.45) is 5.73 Å². The highest BCUT2D eigenvalue weighted by atomic mass is 19.4. The zero-order chi connectivity index (χ0) is 15.5. The van der Waals surface area contributed by atoms with Crippen molar-refractivity contribution >= 4 is 0 Å². The summed E-state index contributed by atoms with van der Waals surface area (Å²) < 4.78 is 43.1. The van der Waals surface area contributed by atoms with Crippen molar-refractivity contribution in [1.82, 2.24) is 4.90 Å². The van der Waals surface area contributed by atoms with Crippen LogP contribution in [0.15, 0.2) is 24.3 Å². The van der Waals surface area contributed by atoms with Crippen molar-refractivity contribution < 1.29 is 17.9 Å². The monoisotopic (exact) mass is 302 g/mol. The second-order valence-electron chi connectivity index (χ2n) is 5.58. The van der Waals surface area contributed by atoms with Gasteiger partial charge in [0.15, 0.2) is 0 Å². The van der Waals surface area contributed by atoms with Gasteiger partial charge in [-0.2, -0.15) is 13.2 Å². The molecule has 1 aromatic carbocycles. The SMILES string of the molecule is CN(CC1CCCO1)CC(N)c1ccc(C(F)(F)F)cc1. The third kappa shape index (κ3) is 4.69. The molecule has 0 saturated carbocycles. The van der Waals surface area contributed by atoms with Gasteiger partial charge in [0, 0.05) is 25.7 Å². The summed E-state index contributed by atoms with van der Waals surface area (Å²) in [4.78, 5) is 2.07. The average Bonchev–Trinajstić information content (AvgIpc) is 2.90. The summed E-state index contributed by atoms with van der Waals surface area (Å²) in [6, 6.07) is 4.75. The summed E-state index contributed by atoms with van der Waals surface area (Å²) in [7, 11) is 1.95. The van der Waals surface area contributed by atoms with Gasteiger partial charge in [-0.25, -0.2) is 0 Å². The molecule has 0 aliphatic carbocycles. The van der Waals surface area contributed by atoms with Crippen molar-refractivity contribution in [3.8, 4) is 0 Å². The molecule has 0 bridgehead atoms. The molecule has 1 aliphatic rings. The van der Waals surface area contributed by atoms with Crippen LogP contribution in [0.1, 0.15) is 30.0 Å². The van der Waals surface area contributed by atoms with Crippen LogP contribution in [0, 0.1) is 0 Å². The molecule has 2 rings (SSSR count). The van der Waals surface area contributed by atoms with Crippen LogP contribution in [0.2, 0.25) is 0 Å². The van der Waals surface area contributed by atoms with Crippen molar-refractivity contribution in [2.75, 3.05) is 26.7 Å². The second kappa shape index (κ2) is 6.77. The first-order valence-corrected chi connectivity index (χ1v) is 7.09. The number of nitrogens with two attached hydrogens (primary N) is 1. The number of likely N-dealkylation sites (N-methyl/N-ethyl adjacent to an activating group) is 1. The fourth-order valence-corrected chi connectivity index (χ4v) is 2.57. The molecule has 1 saturated heterocycles. The fourth-order valence-electron chi connectivity index (χ4n) is 2.57. The molecule has 1 aliphatic heterocycles. The molecular formula is C15H21F3N2O. The Hall–Kier alpha value is -1.11. The molecule has 1 heterocycles. The third-order valence-electron chi connectivity index (χ3n) is 3.71. The minimum absolute atomic E-state index is 0.245. The van der Waals surface area contributed by atoms with Gasteiger partial charge >= 0.3 is 6.18 Å². The van der Waals surface area contributed by atoms with E-state index in [1.54, 1.807) is 0 Å². The van der Waals surface area contributed by atoms with E-state index in [1.807, 2.05) is 7.05 Å². The van der Waals surface area contributed by atoms with Gasteiger partial charge in [0.05, 0.1) is 11.7 Å². The van der Waals surface area contributed by atoms with Gasteiger partial charge in [0.2, 0.25) is 0 Å². The molecular weight excluding hydrogens is 281 g/mol. The summed E-state index contributed by atoms with van der Waals surface area (Å²) in [5.41, 5.74) is 6.13. The maximum absolute atomic E-state index is 12.5. The number of alkyl halides is 3. The van der Waals surface area contributed by atoms with Gasteiger partial charge in [-0.1, -0.05) is 12.1 Å². The molecule has 2 unspecified atom stereocenters. The van der Waals surface area contributed by atoms with Crippen LogP contribution in [0.5, 0.6) is 0 Å². The number of halogens is 3. The summed E-state index contributed by atoms with van der Waals surface area (Å²) in [6.07, 6.45) is -1.92. The minimum atomic E-state index is -4.31. The second-order valence-corrected chi connectivity index (χ2v) is 5.58. The summed E-state index contributed by atoms with van der Waals surface area (Å²) in [5.74, 6) is 0. The molecule has 1 aromatic rings. The summed E-state index contributed by atoms with van der Waals surface area (Å²) in [5, 5.41) is 0. The van der Waals surface area contributed by atoms with Gasteiger partial charge in [-0.15, -0.1) is 0 Å². The molecule has 2 atom stereocenters. The number of hydrogen-bond acceptors (Lipinski definition) is 3. The standard InChI is InChI=1S/C15H21F3N2O/c1-20(9-13-3-2-8-21-13)10-14(19)11-4-6-12(7-5-11)15(16,17)18/h4-7,13-14H,2-3,8-10,19H2,1H3. The normalized spacial score (nSPS) is 21.0. The Kier molecular flexibility index (Phi) is 5.24. The minimum Gasteiger partial charge on any atom is -0.377 e. The Labute approximate surface area is 122 Å². The Morgan fingerprint density at radius 1 is 1.33 bits per heavy atom. The first kappa shape index (κ1) is 16.3. The maximum Gasteiger partial charge on any atom is 0.416 e. The topological polar surface area (TPSA) is 38.5 Å². The van der Waals surface area contributed by atoms with Crippen LogP contribution in [-0.4, -0.2) is 37.7 Å². The highest BCUT2D eigenvalue weighted by molar-refractivity contribution is 5.26. The van der Waals surface area contributed by atoms with Crippen LogP contribution in [0.3, 0.4) is 0 Å². The van der Waals surface area contributed by atoms with Crippen molar-refractivity contribution in [2.45, 2.75) is 31.2 Å². The molecule has 0 aromatic heterocycles. The van der Waals surface area contributed by atoms with Gasteiger partial charge < -0.3 is 15.4 Å². The molecule has 21 heavy (non-hydrogen) atoms. The fraction of sp³-hybridized carbons (Fsp3) is 0.600. The van der Waals surface area contributed by atoms with Crippen LogP contribution in [0.25, 0.3) is 0 Å². The van der Waals surface area contributed by atoms with Crippen LogP contribution in [0.4, 0.5) is 13.2 Å². The Bertz CT molecular complexity index is 441. The van der Waals surface area contributed by atoms with E-state index in [0.717, 1.165) is 38.1 Å². The van der Waals surface area contributed by atoms with E-state index in [4.69, 9.17) is 10.5 Å². The summed E-state index contributed by atoms with van der Waals surface area (Å²) in [6.45, 7) is 2.20. The predicted octanol–water partition coefficient (Wildman–Crippen LogP) is 2.82. The Morgan fingerprint density at radius 2 is 2.00 bits per heavy atom. The first-order chi connectivity index (χ1) is 9.86. The number of nitrogens with zero attached hydrogens (tertiary/aromatic N) is 1. The van der Waals surface area contributed by atoms with Gasteiger partial charge in [-0.3, -0.25) is 0 Å². The molecule has 0 amide bonds. The van der Waals surface area contributed by atoms with Crippen molar-refractivity contribution in [3.63, 3.8) is 0 Å². The molecule has 6 heteroatoms. The lowest BCUT2D eigenvalue weighted by Gasteiger charge is -2.24. The lowest BCUT2D eigenvalue weighted by molar-refractivity contribution is -0.137. The summed E-state index contributed by atoms with van der Waals surface area (Å²) >= 11 is 0. The van der Waals surface area contributed by atoms with Crippen LogP contribution >= 0.6 is 0 Å². The van der Waals surface area contributed by atoms with Crippen LogP contribution < -0.4 is 5.73 Å². The largest absolute Gasteiger partial charge is 0.416 e. The van der Waals surface area contributed by atoms with E-state index in [2.05, 4.69) is 4.90 Å². The zero-order valence-electron chi connectivity index (χ0n) is 12.1. The average molecular weight is 302 g/mol. The van der Waals surface area contributed by atoms with Gasteiger partial charge in [0.25, 0.3) is 0 Å². The molecule has 0 spiro atoms. The quantitative estimate of drug-likeness (QED) is 0.909. The number of rotatable bonds is 5. The lowest BCUT2D eigenvalue weighted by Crippen LogP contribution is -2.34.